The fourth-order valence-corrected chi connectivity index (χ4v) is 2.91. The molecule has 0 atom stereocenters. The Morgan fingerprint density at radius 2 is 2.06 bits per heavy atom. The number of rotatable bonds is 3. The third-order valence-electron chi connectivity index (χ3n) is 2.11. The Labute approximate surface area is 108 Å². The lowest BCUT2D eigenvalue weighted by Gasteiger charge is -2.06. The van der Waals surface area contributed by atoms with E-state index in [0.29, 0.717) is 0 Å². The van der Waals surface area contributed by atoms with Gasteiger partial charge in [0.05, 0.1) is 0 Å². The Balaban J connectivity index is 2.39. The van der Waals surface area contributed by atoms with Crippen molar-refractivity contribution in [3.63, 3.8) is 0 Å². The van der Waals surface area contributed by atoms with Crippen molar-refractivity contribution in [2.24, 2.45) is 0 Å². The van der Waals surface area contributed by atoms with Crippen LogP contribution in [0, 0.1) is 13.8 Å². The number of sulfonamides is 1. The molecule has 0 aliphatic heterocycles. The molecular weight excluding hydrogens is 280 g/mol. The second-order valence-corrected chi connectivity index (χ2v) is 5.49. The van der Waals surface area contributed by atoms with Crippen LogP contribution in [0.15, 0.2) is 21.8 Å². The number of aromatic nitrogens is 3. The van der Waals surface area contributed by atoms with Crippen molar-refractivity contribution in [3.8, 4) is 0 Å². The van der Waals surface area contributed by atoms with Crippen LogP contribution in [0.2, 0.25) is 5.15 Å². The summed E-state index contributed by atoms with van der Waals surface area (Å²) in [5, 5.41) is 3.73. The number of halogens is 1. The van der Waals surface area contributed by atoms with E-state index in [1.807, 2.05) is 0 Å². The molecule has 0 aliphatic rings. The molecule has 0 saturated heterocycles. The fourth-order valence-electron chi connectivity index (χ4n) is 1.44. The van der Waals surface area contributed by atoms with Gasteiger partial charge >= 0.3 is 0 Å². The lowest BCUT2D eigenvalue weighted by atomic mass is 10.4. The Morgan fingerprint density at radius 3 is 2.61 bits per heavy atom. The van der Waals surface area contributed by atoms with Gasteiger partial charge in [-0.3, -0.25) is 4.72 Å². The third kappa shape index (κ3) is 2.44. The first-order valence-corrected chi connectivity index (χ1v) is 6.69. The van der Waals surface area contributed by atoms with Crippen LogP contribution in [0.4, 0.5) is 5.82 Å². The van der Waals surface area contributed by atoms with E-state index in [1.54, 1.807) is 0 Å². The van der Waals surface area contributed by atoms with Gasteiger partial charge < -0.3 is 4.52 Å². The molecule has 0 bridgehead atoms. The van der Waals surface area contributed by atoms with Crippen molar-refractivity contribution in [3.05, 3.63) is 29.0 Å². The minimum atomic E-state index is -3.80. The zero-order chi connectivity index (χ0) is 13.3. The lowest BCUT2D eigenvalue weighted by Crippen LogP contribution is -2.15. The molecule has 9 heteroatoms. The molecule has 0 saturated carbocycles. The number of nitrogens with one attached hydrogen (secondary N) is 1. The van der Waals surface area contributed by atoms with Crippen molar-refractivity contribution in [2.75, 3.05) is 4.72 Å². The van der Waals surface area contributed by atoms with Gasteiger partial charge in [-0.1, -0.05) is 16.8 Å². The van der Waals surface area contributed by atoms with E-state index >= 15 is 0 Å². The highest BCUT2D eigenvalue weighted by Gasteiger charge is 2.24. The maximum atomic E-state index is 12.1. The maximum absolute atomic E-state index is 12.1. The van der Waals surface area contributed by atoms with Gasteiger partial charge in [0.25, 0.3) is 10.0 Å². The van der Waals surface area contributed by atoms with E-state index in [1.165, 1.54) is 19.9 Å². The van der Waals surface area contributed by atoms with Gasteiger partial charge in [-0.05, 0) is 13.8 Å². The molecule has 2 heterocycles. The summed E-state index contributed by atoms with van der Waals surface area (Å²) in [4.78, 5) is 7.41. The second-order valence-electron chi connectivity index (χ2n) is 3.48. The normalized spacial score (nSPS) is 11.5. The summed E-state index contributed by atoms with van der Waals surface area (Å²) >= 11 is 5.64. The predicted octanol–water partition coefficient (Wildman–Crippen LogP) is 1.54. The predicted molar refractivity (Wildman–Crippen MR) is 63.8 cm³/mol. The number of hydrogen-bond acceptors (Lipinski definition) is 6. The highest BCUT2D eigenvalue weighted by Crippen LogP contribution is 2.21. The van der Waals surface area contributed by atoms with Gasteiger partial charge in [0.15, 0.2) is 10.7 Å². The van der Waals surface area contributed by atoms with E-state index in [4.69, 9.17) is 16.1 Å². The number of anilines is 1. The third-order valence-corrected chi connectivity index (χ3v) is 3.91. The molecule has 1 N–H and O–H groups in total. The van der Waals surface area contributed by atoms with Crippen LogP contribution in [0.5, 0.6) is 0 Å². The molecule has 0 fully saturated rings. The smallest absolute Gasteiger partial charge is 0.268 e. The zero-order valence-corrected chi connectivity index (χ0v) is 11.1. The fraction of sp³-hybridized carbons (Fsp3) is 0.222. The van der Waals surface area contributed by atoms with Crippen molar-refractivity contribution in [2.45, 2.75) is 18.7 Å². The van der Waals surface area contributed by atoms with Gasteiger partial charge in [-0.15, -0.1) is 0 Å². The Morgan fingerprint density at radius 1 is 1.33 bits per heavy atom. The van der Waals surface area contributed by atoms with Gasteiger partial charge in [0.2, 0.25) is 0 Å². The van der Waals surface area contributed by atoms with Crippen molar-refractivity contribution in [1.29, 1.82) is 0 Å². The van der Waals surface area contributed by atoms with Crippen LogP contribution < -0.4 is 4.72 Å². The van der Waals surface area contributed by atoms with Gasteiger partial charge in [-0.25, -0.2) is 18.4 Å². The van der Waals surface area contributed by atoms with E-state index in [9.17, 15) is 8.42 Å². The van der Waals surface area contributed by atoms with E-state index < -0.39 is 10.0 Å². The van der Waals surface area contributed by atoms with Gasteiger partial charge in [0, 0.05) is 6.07 Å². The molecule has 18 heavy (non-hydrogen) atoms. The second kappa shape index (κ2) is 4.54. The minimum Gasteiger partial charge on any atom is -0.360 e. The van der Waals surface area contributed by atoms with Crippen LogP contribution in [0.25, 0.3) is 0 Å². The van der Waals surface area contributed by atoms with E-state index in [2.05, 4.69) is 19.8 Å². The molecule has 7 nitrogen and oxygen atoms in total. The summed E-state index contributed by atoms with van der Waals surface area (Å²) in [6.07, 6.45) is 1.16. The highest BCUT2D eigenvalue weighted by atomic mass is 35.5. The number of aryl methyl sites for hydroxylation is 2. The average Bonchev–Trinajstić information content (AvgIpc) is 2.58. The average molecular weight is 289 g/mol. The summed E-state index contributed by atoms with van der Waals surface area (Å²) in [7, 11) is -3.80. The van der Waals surface area contributed by atoms with Crippen LogP contribution in [0.1, 0.15) is 11.5 Å². The molecule has 0 spiro atoms. The van der Waals surface area contributed by atoms with Crippen molar-refractivity contribution >= 4 is 27.4 Å². The van der Waals surface area contributed by atoms with Crippen LogP contribution in [-0.2, 0) is 10.0 Å². The first kappa shape index (κ1) is 12.8. The largest absolute Gasteiger partial charge is 0.360 e. The standard InChI is InChI=1S/C9H9ClN4O3S/c1-5-9(6(2)17-13-5)18(15,16)14-8-3-7(10)11-4-12-8/h3-4H,1-2H3,(H,11,12,14). The van der Waals surface area contributed by atoms with Gasteiger partial charge in [-0.2, -0.15) is 0 Å². The number of nitrogens with zero attached hydrogens (tertiary/aromatic N) is 3. The maximum Gasteiger partial charge on any atom is 0.268 e. The van der Waals surface area contributed by atoms with E-state index in [0.717, 1.165) is 6.33 Å². The molecule has 2 rings (SSSR count). The first-order chi connectivity index (χ1) is 8.40. The van der Waals surface area contributed by atoms with Crippen molar-refractivity contribution < 1.29 is 12.9 Å². The molecule has 0 aromatic carbocycles. The molecule has 0 amide bonds. The molecule has 0 unspecified atom stereocenters. The number of hydrogen-bond donors (Lipinski definition) is 1. The molecular formula is C9H9ClN4O3S. The topological polar surface area (TPSA) is 98.0 Å². The summed E-state index contributed by atoms with van der Waals surface area (Å²) in [5.74, 6) is 0.287. The monoisotopic (exact) mass is 288 g/mol. The summed E-state index contributed by atoms with van der Waals surface area (Å²) in [6, 6.07) is 1.30. The zero-order valence-electron chi connectivity index (χ0n) is 9.51. The summed E-state index contributed by atoms with van der Waals surface area (Å²) in [5.41, 5.74) is 0.278. The van der Waals surface area contributed by atoms with Crippen LogP contribution in [0.3, 0.4) is 0 Å². The first-order valence-electron chi connectivity index (χ1n) is 4.83. The molecule has 2 aromatic rings. The Hall–Kier alpha value is -1.67. The summed E-state index contributed by atoms with van der Waals surface area (Å²) in [6.45, 7) is 3.06. The van der Waals surface area contributed by atoms with Gasteiger partial charge in [0.1, 0.15) is 23.0 Å². The highest BCUT2D eigenvalue weighted by molar-refractivity contribution is 7.92. The molecule has 2 aromatic heterocycles. The minimum absolute atomic E-state index is 0.00256. The molecule has 0 aliphatic carbocycles. The Kier molecular flexibility index (Phi) is 3.22. The quantitative estimate of drug-likeness (QED) is 0.860. The summed E-state index contributed by atoms with van der Waals surface area (Å²) < 4.78 is 31.3. The van der Waals surface area contributed by atoms with Crippen LogP contribution in [-0.4, -0.2) is 23.5 Å². The Bertz CT molecular complexity index is 663. The van der Waals surface area contributed by atoms with Crippen molar-refractivity contribution in [1.82, 2.24) is 15.1 Å². The molecule has 0 radical (unpaired) electrons. The van der Waals surface area contributed by atoms with E-state index in [-0.39, 0.29) is 27.3 Å². The lowest BCUT2D eigenvalue weighted by molar-refractivity contribution is 0.390. The molecule has 96 valence electrons. The SMILES string of the molecule is Cc1noc(C)c1S(=O)(=O)Nc1cc(Cl)ncn1. The van der Waals surface area contributed by atoms with Crippen LogP contribution >= 0.6 is 11.6 Å².